The number of nitrogens with zero attached hydrogens (tertiary/aromatic N) is 1. The standard InChI is InChI=1S/C31H55NO5/c1-3-5-6-7-8-9-10-11-12-13-14-15-16-17-18-21-24-32(25-27-26(4-2)28(33)37-27)29(34)31(30(35)36)22-19-20-23-31/h26-27H,3-25H2,1-2H3,(H,35,36)/t26-,27+/m0/s1. The summed E-state index contributed by atoms with van der Waals surface area (Å²) < 4.78 is 5.33. The Morgan fingerprint density at radius 3 is 1.68 bits per heavy atom. The van der Waals surface area contributed by atoms with Crippen LogP contribution in [-0.4, -0.2) is 47.0 Å². The molecule has 1 heterocycles. The number of unbranched alkanes of at least 4 members (excludes halogenated alkanes) is 15. The van der Waals surface area contributed by atoms with Crippen molar-refractivity contribution in [3.05, 3.63) is 0 Å². The van der Waals surface area contributed by atoms with E-state index in [9.17, 15) is 19.5 Å². The molecular weight excluding hydrogens is 466 g/mol. The molecular formula is C31H55NO5. The molecule has 1 saturated heterocycles. The van der Waals surface area contributed by atoms with Gasteiger partial charge in [0.05, 0.1) is 12.5 Å². The Kier molecular flexibility index (Phi) is 15.2. The number of carbonyl (C=O) groups is 3. The van der Waals surface area contributed by atoms with Gasteiger partial charge in [-0.15, -0.1) is 0 Å². The van der Waals surface area contributed by atoms with E-state index in [1.807, 2.05) is 6.92 Å². The van der Waals surface area contributed by atoms with Crippen LogP contribution in [-0.2, 0) is 19.1 Å². The van der Waals surface area contributed by atoms with E-state index in [1.54, 1.807) is 4.90 Å². The predicted molar refractivity (Wildman–Crippen MR) is 148 cm³/mol. The van der Waals surface area contributed by atoms with Crippen LogP contribution in [0.5, 0.6) is 0 Å². The molecule has 214 valence electrons. The number of esters is 1. The van der Waals surface area contributed by atoms with Gasteiger partial charge in [-0.1, -0.05) is 123 Å². The second-order valence-corrected chi connectivity index (χ2v) is 11.6. The molecule has 1 aliphatic carbocycles. The van der Waals surface area contributed by atoms with Crippen LogP contribution >= 0.6 is 0 Å². The second kappa shape index (κ2) is 17.8. The molecule has 1 amide bonds. The first kappa shape index (κ1) is 31.6. The SMILES string of the molecule is CCCCCCCCCCCCCCCCCCN(C[C@H]1OC(=O)[C@H]1CC)C(=O)C1(C(=O)O)CCCC1. The van der Waals surface area contributed by atoms with Gasteiger partial charge in [0.2, 0.25) is 5.91 Å². The number of carboxylic acid groups (broad SMARTS) is 1. The molecule has 1 N–H and O–H groups in total. The fourth-order valence-corrected chi connectivity index (χ4v) is 6.14. The minimum absolute atomic E-state index is 0.176. The van der Waals surface area contributed by atoms with E-state index in [2.05, 4.69) is 6.92 Å². The van der Waals surface area contributed by atoms with Crippen LogP contribution in [0, 0.1) is 11.3 Å². The molecule has 2 atom stereocenters. The summed E-state index contributed by atoms with van der Waals surface area (Å²) in [5.41, 5.74) is -1.29. The smallest absolute Gasteiger partial charge is 0.319 e. The van der Waals surface area contributed by atoms with Crippen molar-refractivity contribution >= 4 is 17.8 Å². The summed E-state index contributed by atoms with van der Waals surface area (Å²) in [7, 11) is 0. The summed E-state index contributed by atoms with van der Waals surface area (Å²) in [5, 5.41) is 9.91. The average Bonchev–Trinajstić information content (AvgIpc) is 3.38. The summed E-state index contributed by atoms with van der Waals surface area (Å²) >= 11 is 0. The Labute approximate surface area is 226 Å². The quantitative estimate of drug-likeness (QED) is 0.0897. The highest BCUT2D eigenvalue weighted by Crippen LogP contribution is 2.40. The molecule has 0 unspecified atom stereocenters. The molecule has 6 heteroatoms. The highest BCUT2D eigenvalue weighted by atomic mass is 16.6. The molecule has 1 saturated carbocycles. The van der Waals surface area contributed by atoms with Crippen molar-refractivity contribution in [3.8, 4) is 0 Å². The summed E-state index contributed by atoms with van der Waals surface area (Å²) in [4.78, 5) is 39.0. The maximum atomic E-state index is 13.5. The summed E-state index contributed by atoms with van der Waals surface area (Å²) in [6.45, 7) is 5.10. The van der Waals surface area contributed by atoms with Gasteiger partial charge in [-0.2, -0.15) is 0 Å². The number of carboxylic acids is 1. The summed E-state index contributed by atoms with van der Waals surface area (Å²) in [6, 6.07) is 0. The number of aliphatic carboxylic acids is 1. The Hall–Kier alpha value is -1.59. The molecule has 0 bridgehead atoms. The first-order chi connectivity index (χ1) is 18.0. The zero-order valence-corrected chi connectivity index (χ0v) is 23.9. The molecule has 6 nitrogen and oxygen atoms in total. The van der Waals surface area contributed by atoms with Crippen molar-refractivity contribution in [2.24, 2.45) is 11.3 Å². The fourth-order valence-electron chi connectivity index (χ4n) is 6.14. The number of rotatable bonds is 22. The molecule has 0 spiro atoms. The van der Waals surface area contributed by atoms with Crippen LogP contribution in [0.3, 0.4) is 0 Å². The molecule has 0 aromatic heterocycles. The number of amides is 1. The highest BCUT2D eigenvalue weighted by Gasteiger charge is 2.51. The van der Waals surface area contributed by atoms with E-state index in [4.69, 9.17) is 4.74 Å². The zero-order chi connectivity index (χ0) is 26.9. The fraction of sp³-hybridized carbons (Fsp3) is 0.903. The summed E-state index contributed by atoms with van der Waals surface area (Å²) in [6.07, 6.45) is 23.5. The number of ether oxygens (including phenoxy) is 1. The van der Waals surface area contributed by atoms with Crippen molar-refractivity contribution in [1.29, 1.82) is 0 Å². The number of carbonyl (C=O) groups excluding carboxylic acids is 2. The largest absolute Gasteiger partial charge is 0.480 e. The molecule has 1 aliphatic heterocycles. The summed E-state index contributed by atoms with van der Waals surface area (Å²) in [5.74, 6) is -1.64. The lowest BCUT2D eigenvalue weighted by Gasteiger charge is -2.40. The monoisotopic (exact) mass is 521 g/mol. The lowest BCUT2D eigenvalue weighted by atomic mass is 9.84. The average molecular weight is 522 g/mol. The van der Waals surface area contributed by atoms with Gasteiger partial charge in [0.25, 0.3) is 0 Å². The Morgan fingerprint density at radius 2 is 1.27 bits per heavy atom. The second-order valence-electron chi connectivity index (χ2n) is 11.6. The molecule has 2 rings (SSSR count). The van der Waals surface area contributed by atoms with E-state index in [0.29, 0.717) is 32.4 Å². The van der Waals surface area contributed by atoms with Crippen molar-refractivity contribution in [2.75, 3.05) is 13.1 Å². The number of hydrogen-bond acceptors (Lipinski definition) is 4. The molecule has 0 aromatic carbocycles. The predicted octanol–water partition coefficient (Wildman–Crippen LogP) is 7.67. The van der Waals surface area contributed by atoms with Crippen LogP contribution < -0.4 is 0 Å². The Morgan fingerprint density at radius 1 is 0.811 bits per heavy atom. The third-order valence-corrected chi connectivity index (χ3v) is 8.70. The van der Waals surface area contributed by atoms with Crippen molar-refractivity contribution in [2.45, 2.75) is 155 Å². The lowest BCUT2D eigenvalue weighted by Crippen LogP contribution is -2.55. The van der Waals surface area contributed by atoms with Crippen molar-refractivity contribution < 1.29 is 24.2 Å². The minimum atomic E-state index is -1.29. The molecule has 2 aliphatic rings. The maximum absolute atomic E-state index is 13.5. The zero-order valence-electron chi connectivity index (χ0n) is 23.9. The van der Waals surface area contributed by atoms with E-state index >= 15 is 0 Å². The Bertz CT molecular complexity index is 673. The lowest BCUT2D eigenvalue weighted by molar-refractivity contribution is -0.189. The number of cyclic esters (lactones) is 1. The van der Waals surface area contributed by atoms with Gasteiger partial charge in [0.1, 0.15) is 11.5 Å². The van der Waals surface area contributed by atoms with E-state index < -0.39 is 11.4 Å². The number of hydrogen-bond donors (Lipinski definition) is 1. The van der Waals surface area contributed by atoms with Gasteiger partial charge >= 0.3 is 11.9 Å². The van der Waals surface area contributed by atoms with Gasteiger partial charge in [-0.25, -0.2) is 0 Å². The van der Waals surface area contributed by atoms with E-state index in [0.717, 1.165) is 32.1 Å². The minimum Gasteiger partial charge on any atom is -0.480 e. The van der Waals surface area contributed by atoms with Crippen molar-refractivity contribution in [3.63, 3.8) is 0 Å². The highest BCUT2D eigenvalue weighted by molar-refractivity contribution is 6.02. The van der Waals surface area contributed by atoms with Crippen LogP contribution in [0.1, 0.15) is 149 Å². The van der Waals surface area contributed by atoms with Gasteiger partial charge in [0.15, 0.2) is 0 Å². The van der Waals surface area contributed by atoms with Gasteiger partial charge in [-0.05, 0) is 25.7 Å². The van der Waals surface area contributed by atoms with Crippen molar-refractivity contribution in [1.82, 2.24) is 4.90 Å². The van der Waals surface area contributed by atoms with Gasteiger partial charge in [-0.3, -0.25) is 14.4 Å². The molecule has 2 fully saturated rings. The van der Waals surface area contributed by atoms with Crippen LogP contribution in [0.25, 0.3) is 0 Å². The maximum Gasteiger partial charge on any atom is 0.319 e. The molecule has 0 radical (unpaired) electrons. The first-order valence-corrected chi connectivity index (χ1v) is 15.7. The third kappa shape index (κ3) is 10.2. The molecule has 37 heavy (non-hydrogen) atoms. The Balaban J connectivity index is 1.61. The van der Waals surface area contributed by atoms with Gasteiger partial charge in [0, 0.05) is 6.54 Å². The molecule has 0 aromatic rings. The topological polar surface area (TPSA) is 83.9 Å². The van der Waals surface area contributed by atoms with E-state index in [1.165, 1.54) is 83.5 Å². The van der Waals surface area contributed by atoms with E-state index in [-0.39, 0.29) is 23.9 Å². The van der Waals surface area contributed by atoms with Crippen LogP contribution in [0.4, 0.5) is 0 Å². The van der Waals surface area contributed by atoms with Crippen LogP contribution in [0.15, 0.2) is 0 Å². The normalized spacial score (nSPS) is 20.4. The third-order valence-electron chi connectivity index (χ3n) is 8.70. The van der Waals surface area contributed by atoms with Crippen LogP contribution in [0.2, 0.25) is 0 Å². The van der Waals surface area contributed by atoms with Gasteiger partial charge < -0.3 is 14.7 Å². The first-order valence-electron chi connectivity index (χ1n) is 15.7.